The molecule has 5 nitrogen and oxygen atoms in total. The Morgan fingerprint density at radius 3 is 2.81 bits per heavy atom. The highest BCUT2D eigenvalue weighted by atomic mass is 16.3. The zero-order valence-corrected chi connectivity index (χ0v) is 12.1. The summed E-state index contributed by atoms with van der Waals surface area (Å²) in [6, 6.07) is 9.22. The van der Waals surface area contributed by atoms with Crippen molar-refractivity contribution in [3.05, 3.63) is 53.9 Å². The molecule has 0 bridgehead atoms. The predicted molar refractivity (Wildman–Crippen MR) is 82.4 cm³/mol. The molecule has 0 saturated carbocycles. The van der Waals surface area contributed by atoms with Crippen LogP contribution >= 0.6 is 0 Å². The van der Waals surface area contributed by atoms with Gasteiger partial charge in [-0.1, -0.05) is 25.1 Å². The van der Waals surface area contributed by atoms with Crippen LogP contribution in [0.25, 0.3) is 0 Å². The third kappa shape index (κ3) is 3.58. The van der Waals surface area contributed by atoms with E-state index in [0.717, 1.165) is 17.8 Å². The minimum atomic E-state index is -0.356. The molecule has 21 heavy (non-hydrogen) atoms. The van der Waals surface area contributed by atoms with Crippen molar-refractivity contribution < 1.29 is 9.90 Å². The maximum Gasteiger partial charge on any atom is 0.259 e. The molecule has 2 aromatic rings. The highest BCUT2D eigenvalue weighted by Gasteiger charge is 2.14. The number of pyridine rings is 1. The largest absolute Gasteiger partial charge is 0.505 e. The summed E-state index contributed by atoms with van der Waals surface area (Å²) in [7, 11) is 0. The van der Waals surface area contributed by atoms with Crippen LogP contribution in [-0.4, -0.2) is 22.5 Å². The van der Waals surface area contributed by atoms with Crippen molar-refractivity contribution in [1.82, 2.24) is 10.3 Å². The summed E-state index contributed by atoms with van der Waals surface area (Å²) in [5, 5.41) is 15.8. The van der Waals surface area contributed by atoms with E-state index < -0.39 is 0 Å². The lowest BCUT2D eigenvalue weighted by Gasteiger charge is -2.17. The maximum absolute atomic E-state index is 12.2. The normalized spacial score (nSPS) is 11.9. The Bertz CT molecular complexity index is 628. The number of amides is 1. The molecule has 0 radical (unpaired) electrons. The second kappa shape index (κ2) is 6.85. The first kappa shape index (κ1) is 15.0. The number of hydrogen-bond acceptors (Lipinski definition) is 4. The van der Waals surface area contributed by atoms with E-state index in [1.807, 2.05) is 38.1 Å². The van der Waals surface area contributed by atoms with Crippen LogP contribution in [0.3, 0.4) is 0 Å². The Balaban J connectivity index is 2.24. The number of carbonyl (C=O) groups excluding carboxylic acids is 1. The topological polar surface area (TPSA) is 74.2 Å². The molecule has 0 fully saturated rings. The molecule has 0 spiro atoms. The number of aromatic nitrogens is 1. The van der Waals surface area contributed by atoms with Gasteiger partial charge in [0.25, 0.3) is 5.91 Å². The Kier molecular flexibility index (Phi) is 4.90. The van der Waals surface area contributed by atoms with Crippen LogP contribution in [0.5, 0.6) is 5.75 Å². The molecule has 0 saturated heterocycles. The zero-order valence-electron chi connectivity index (χ0n) is 12.1. The highest BCUT2D eigenvalue weighted by Crippen LogP contribution is 2.24. The van der Waals surface area contributed by atoms with Gasteiger partial charge in [-0.2, -0.15) is 0 Å². The average Bonchev–Trinajstić information content (AvgIpc) is 2.48. The van der Waals surface area contributed by atoms with Crippen LogP contribution in [0.1, 0.15) is 35.8 Å². The summed E-state index contributed by atoms with van der Waals surface area (Å²) >= 11 is 0. The summed E-state index contributed by atoms with van der Waals surface area (Å²) in [4.78, 5) is 16.0. The number of anilines is 1. The lowest BCUT2D eigenvalue weighted by Crippen LogP contribution is -2.20. The molecule has 0 aliphatic carbocycles. The smallest absolute Gasteiger partial charge is 0.259 e. The molecule has 1 atom stereocenters. The minimum Gasteiger partial charge on any atom is -0.505 e. The number of para-hydroxylation sites is 1. The first-order chi connectivity index (χ1) is 10.1. The van der Waals surface area contributed by atoms with Gasteiger partial charge in [-0.25, -0.2) is 0 Å². The van der Waals surface area contributed by atoms with Gasteiger partial charge in [0.05, 0.1) is 11.8 Å². The van der Waals surface area contributed by atoms with Gasteiger partial charge < -0.3 is 15.7 Å². The number of hydrogen-bond donors (Lipinski definition) is 3. The second-order valence-corrected chi connectivity index (χ2v) is 4.71. The number of nitrogens with zero attached hydrogens (tertiary/aromatic N) is 1. The van der Waals surface area contributed by atoms with Gasteiger partial charge >= 0.3 is 0 Å². The van der Waals surface area contributed by atoms with Crippen LogP contribution in [0.15, 0.2) is 42.7 Å². The van der Waals surface area contributed by atoms with Gasteiger partial charge in [0.1, 0.15) is 5.75 Å². The molecule has 1 amide bonds. The van der Waals surface area contributed by atoms with E-state index in [1.165, 1.54) is 18.5 Å². The number of rotatable bonds is 5. The van der Waals surface area contributed by atoms with Gasteiger partial charge in [0.15, 0.2) is 0 Å². The molecule has 0 aliphatic heterocycles. The van der Waals surface area contributed by atoms with E-state index in [9.17, 15) is 9.90 Å². The van der Waals surface area contributed by atoms with Crippen molar-refractivity contribution in [2.75, 3.05) is 11.9 Å². The quantitative estimate of drug-likeness (QED) is 0.789. The van der Waals surface area contributed by atoms with E-state index in [1.54, 1.807) is 0 Å². The van der Waals surface area contributed by atoms with Gasteiger partial charge in [0, 0.05) is 17.9 Å². The lowest BCUT2D eigenvalue weighted by atomic mass is 10.1. The summed E-state index contributed by atoms with van der Waals surface area (Å²) in [6.07, 6.45) is 2.73. The van der Waals surface area contributed by atoms with E-state index in [-0.39, 0.29) is 23.3 Å². The second-order valence-electron chi connectivity index (χ2n) is 4.71. The Labute approximate surface area is 124 Å². The monoisotopic (exact) mass is 285 g/mol. The molecular weight excluding hydrogens is 266 g/mol. The van der Waals surface area contributed by atoms with Crippen LogP contribution in [0.4, 0.5) is 5.69 Å². The standard InChI is InChI=1S/C16H19N3O2/c1-3-18-11(2)12-6-4-5-7-14(12)19-16(21)13-8-9-17-10-15(13)20/h4-11,18,20H,3H2,1-2H3,(H,19,21). The molecular formula is C16H19N3O2. The van der Waals surface area contributed by atoms with Crippen LogP contribution in [0, 0.1) is 0 Å². The maximum atomic E-state index is 12.2. The van der Waals surface area contributed by atoms with E-state index in [2.05, 4.69) is 15.6 Å². The molecule has 1 unspecified atom stereocenters. The average molecular weight is 285 g/mol. The molecule has 0 aliphatic rings. The van der Waals surface area contributed by atoms with E-state index >= 15 is 0 Å². The number of nitrogens with one attached hydrogen (secondary N) is 2. The Hall–Kier alpha value is -2.40. The van der Waals surface area contributed by atoms with Crippen molar-refractivity contribution in [3.63, 3.8) is 0 Å². The van der Waals surface area contributed by atoms with Crippen LogP contribution in [0.2, 0.25) is 0 Å². The van der Waals surface area contributed by atoms with Crippen molar-refractivity contribution in [2.24, 2.45) is 0 Å². The predicted octanol–water partition coefficient (Wildman–Crippen LogP) is 2.71. The van der Waals surface area contributed by atoms with E-state index in [4.69, 9.17) is 0 Å². The molecule has 2 rings (SSSR count). The van der Waals surface area contributed by atoms with Crippen molar-refractivity contribution >= 4 is 11.6 Å². The Morgan fingerprint density at radius 2 is 2.10 bits per heavy atom. The van der Waals surface area contributed by atoms with Crippen molar-refractivity contribution in [3.8, 4) is 5.75 Å². The fourth-order valence-corrected chi connectivity index (χ4v) is 2.17. The highest BCUT2D eigenvalue weighted by molar-refractivity contribution is 6.06. The molecule has 110 valence electrons. The van der Waals surface area contributed by atoms with Crippen molar-refractivity contribution in [1.29, 1.82) is 0 Å². The number of carbonyl (C=O) groups is 1. The van der Waals surface area contributed by atoms with Gasteiger partial charge in [-0.15, -0.1) is 0 Å². The molecule has 1 aromatic heterocycles. The molecule has 5 heteroatoms. The summed E-state index contributed by atoms with van der Waals surface area (Å²) < 4.78 is 0. The Morgan fingerprint density at radius 1 is 1.33 bits per heavy atom. The van der Waals surface area contributed by atoms with Crippen molar-refractivity contribution in [2.45, 2.75) is 19.9 Å². The van der Waals surface area contributed by atoms with Gasteiger partial charge in [-0.3, -0.25) is 9.78 Å². The SMILES string of the molecule is CCNC(C)c1ccccc1NC(=O)c1ccncc1O. The van der Waals surface area contributed by atoms with Gasteiger partial charge in [0.2, 0.25) is 0 Å². The summed E-state index contributed by atoms with van der Waals surface area (Å²) in [5.74, 6) is -0.488. The summed E-state index contributed by atoms with van der Waals surface area (Å²) in [6.45, 7) is 4.92. The fourth-order valence-electron chi connectivity index (χ4n) is 2.17. The molecule has 3 N–H and O–H groups in total. The fraction of sp³-hybridized carbons (Fsp3) is 0.250. The third-order valence-corrected chi connectivity index (χ3v) is 3.23. The van der Waals surface area contributed by atoms with Gasteiger partial charge in [-0.05, 0) is 31.2 Å². The minimum absolute atomic E-state index is 0.123. The van der Waals surface area contributed by atoms with Crippen LogP contribution in [-0.2, 0) is 0 Å². The number of benzene rings is 1. The summed E-state index contributed by atoms with van der Waals surface area (Å²) in [5.41, 5.74) is 1.93. The van der Waals surface area contributed by atoms with E-state index in [0.29, 0.717) is 0 Å². The first-order valence-corrected chi connectivity index (χ1v) is 6.90. The lowest BCUT2D eigenvalue weighted by molar-refractivity contribution is 0.102. The molecule has 1 aromatic carbocycles. The zero-order chi connectivity index (χ0) is 15.2. The third-order valence-electron chi connectivity index (χ3n) is 3.23. The first-order valence-electron chi connectivity index (χ1n) is 6.90. The number of aromatic hydroxyl groups is 1. The van der Waals surface area contributed by atoms with Crippen LogP contribution < -0.4 is 10.6 Å². The molecule has 1 heterocycles.